The van der Waals surface area contributed by atoms with Crippen molar-refractivity contribution in [1.29, 1.82) is 0 Å². The van der Waals surface area contributed by atoms with Gasteiger partial charge in [-0.1, -0.05) is 11.6 Å². The van der Waals surface area contributed by atoms with E-state index in [4.69, 9.17) is 11.6 Å². The molecule has 0 N–H and O–H groups in total. The topological polar surface area (TPSA) is 41.4 Å². The highest BCUT2D eigenvalue weighted by atomic mass is 35.5. The second-order valence-electron chi connectivity index (χ2n) is 4.59. The highest BCUT2D eigenvalue weighted by Crippen LogP contribution is 2.19. The molecule has 0 bridgehead atoms. The van der Waals surface area contributed by atoms with Crippen LogP contribution in [0, 0.1) is 0 Å². The summed E-state index contributed by atoms with van der Waals surface area (Å²) in [6.07, 6.45) is 1.52. The number of ketones is 1. The van der Waals surface area contributed by atoms with E-state index in [1.54, 1.807) is 11.7 Å². The summed E-state index contributed by atoms with van der Waals surface area (Å²) in [5, 5.41) is 4.44. The van der Waals surface area contributed by atoms with E-state index in [1.165, 1.54) is 6.20 Å². The minimum atomic E-state index is -0.137. The van der Waals surface area contributed by atoms with Gasteiger partial charge in [0.25, 0.3) is 0 Å². The van der Waals surface area contributed by atoms with Gasteiger partial charge in [0.2, 0.25) is 5.78 Å². The van der Waals surface area contributed by atoms with E-state index in [-0.39, 0.29) is 11.8 Å². The average molecular weight is 257 g/mol. The third kappa shape index (κ3) is 2.36. The first kappa shape index (κ1) is 12.5. The van der Waals surface area contributed by atoms with Crippen molar-refractivity contribution in [1.82, 2.24) is 19.6 Å². The van der Waals surface area contributed by atoms with Crippen molar-refractivity contribution < 1.29 is 4.79 Å². The third-order valence-corrected chi connectivity index (χ3v) is 3.56. The quantitative estimate of drug-likeness (QED) is 0.723. The van der Waals surface area contributed by atoms with Gasteiger partial charge in [-0.25, -0.2) is 0 Å². The second-order valence-corrected chi connectivity index (χ2v) is 4.99. The van der Waals surface area contributed by atoms with Gasteiger partial charge in [0.15, 0.2) is 0 Å². The number of aryl methyl sites for hydroxylation is 1. The Labute approximate surface area is 106 Å². The fraction of sp³-hybridized carbons (Fsp3) is 0.636. The fourth-order valence-electron chi connectivity index (χ4n) is 2.14. The predicted molar refractivity (Wildman–Crippen MR) is 66.5 cm³/mol. The number of likely N-dealkylation sites (N-methyl/N-ethyl adjacent to an activating group) is 2. The number of Topliss-reactive ketones (excluding diaryl/α,β-unsaturated/α-hetero) is 1. The van der Waals surface area contributed by atoms with Crippen LogP contribution in [0.25, 0.3) is 0 Å². The van der Waals surface area contributed by atoms with Crippen molar-refractivity contribution in [2.45, 2.75) is 6.04 Å². The lowest BCUT2D eigenvalue weighted by Crippen LogP contribution is -2.53. The standard InChI is InChI=1S/C11H17ClN4O/c1-14-4-5-15(2)9(7-14)11(17)10-8(12)6-13-16(10)3/h6,9H,4-5,7H2,1-3H3. The zero-order chi connectivity index (χ0) is 12.6. The first-order valence-corrected chi connectivity index (χ1v) is 5.99. The van der Waals surface area contributed by atoms with Gasteiger partial charge < -0.3 is 4.90 Å². The first-order chi connectivity index (χ1) is 8.00. The lowest BCUT2D eigenvalue weighted by molar-refractivity contribution is 0.0677. The van der Waals surface area contributed by atoms with Crippen LogP contribution in [0.2, 0.25) is 5.02 Å². The van der Waals surface area contributed by atoms with E-state index in [1.807, 2.05) is 14.1 Å². The molecule has 1 aliphatic heterocycles. The van der Waals surface area contributed by atoms with Gasteiger partial charge in [-0.3, -0.25) is 14.4 Å². The first-order valence-electron chi connectivity index (χ1n) is 5.61. The minimum absolute atomic E-state index is 0.0454. The zero-order valence-corrected chi connectivity index (χ0v) is 11.1. The number of hydrogen-bond donors (Lipinski definition) is 0. The fourth-order valence-corrected chi connectivity index (χ4v) is 2.40. The molecule has 0 aliphatic carbocycles. The highest BCUT2D eigenvalue weighted by Gasteiger charge is 2.31. The number of aromatic nitrogens is 2. The lowest BCUT2D eigenvalue weighted by atomic mass is 10.1. The molecule has 1 unspecified atom stereocenters. The van der Waals surface area contributed by atoms with Gasteiger partial charge >= 0.3 is 0 Å². The maximum atomic E-state index is 12.4. The Morgan fingerprint density at radius 3 is 2.71 bits per heavy atom. The molecular weight excluding hydrogens is 240 g/mol. The van der Waals surface area contributed by atoms with E-state index in [9.17, 15) is 4.79 Å². The molecule has 1 aromatic heterocycles. The van der Waals surface area contributed by atoms with Crippen LogP contribution >= 0.6 is 11.6 Å². The number of halogens is 1. The zero-order valence-electron chi connectivity index (χ0n) is 10.4. The number of carbonyl (C=O) groups excluding carboxylic acids is 1. The van der Waals surface area contributed by atoms with Crippen molar-refractivity contribution in [2.24, 2.45) is 7.05 Å². The average Bonchev–Trinajstić information content (AvgIpc) is 2.61. The summed E-state index contributed by atoms with van der Waals surface area (Å²) < 4.78 is 1.55. The molecular formula is C11H17ClN4O. The van der Waals surface area contributed by atoms with Crippen molar-refractivity contribution in [3.05, 3.63) is 16.9 Å². The van der Waals surface area contributed by atoms with E-state index in [0.29, 0.717) is 10.7 Å². The van der Waals surface area contributed by atoms with Gasteiger partial charge in [-0.2, -0.15) is 5.10 Å². The molecule has 0 radical (unpaired) electrons. The molecule has 0 spiro atoms. The summed E-state index contributed by atoms with van der Waals surface area (Å²) >= 11 is 6.01. The molecule has 1 saturated heterocycles. The van der Waals surface area contributed by atoms with Crippen LogP contribution in [0.5, 0.6) is 0 Å². The molecule has 6 heteroatoms. The summed E-state index contributed by atoms with van der Waals surface area (Å²) in [5.74, 6) is 0.0454. The Balaban J connectivity index is 2.25. The van der Waals surface area contributed by atoms with Gasteiger partial charge in [-0.15, -0.1) is 0 Å². The molecule has 0 saturated carbocycles. The summed E-state index contributed by atoms with van der Waals surface area (Å²) in [6, 6.07) is -0.137. The third-order valence-electron chi connectivity index (χ3n) is 3.28. The SMILES string of the molecule is CN1CCN(C)C(C(=O)c2c(Cl)cnn2C)C1. The van der Waals surface area contributed by atoms with E-state index < -0.39 is 0 Å². The van der Waals surface area contributed by atoms with E-state index >= 15 is 0 Å². The summed E-state index contributed by atoms with van der Waals surface area (Å²) in [7, 11) is 5.74. The largest absolute Gasteiger partial charge is 0.303 e. The van der Waals surface area contributed by atoms with Crippen LogP contribution in [0.1, 0.15) is 10.5 Å². The van der Waals surface area contributed by atoms with Crippen LogP contribution in [-0.4, -0.2) is 65.1 Å². The van der Waals surface area contributed by atoms with Crippen LogP contribution in [-0.2, 0) is 7.05 Å². The predicted octanol–water partition coefficient (Wildman–Crippen LogP) is 0.502. The normalized spacial score (nSPS) is 22.9. The number of carbonyl (C=O) groups is 1. The molecule has 94 valence electrons. The molecule has 2 rings (SSSR count). The van der Waals surface area contributed by atoms with Crippen LogP contribution in [0.15, 0.2) is 6.20 Å². The molecule has 5 nitrogen and oxygen atoms in total. The van der Waals surface area contributed by atoms with E-state index in [2.05, 4.69) is 14.9 Å². The summed E-state index contributed by atoms with van der Waals surface area (Å²) in [5.41, 5.74) is 0.499. The second kappa shape index (κ2) is 4.76. The molecule has 1 aromatic rings. The van der Waals surface area contributed by atoms with Gasteiger partial charge in [0.1, 0.15) is 5.69 Å². The van der Waals surface area contributed by atoms with Crippen LogP contribution in [0.4, 0.5) is 0 Å². The van der Waals surface area contributed by atoms with Crippen LogP contribution in [0.3, 0.4) is 0 Å². The molecule has 1 aliphatic rings. The van der Waals surface area contributed by atoms with Crippen molar-refractivity contribution in [3.63, 3.8) is 0 Å². The Hall–Kier alpha value is -0.910. The van der Waals surface area contributed by atoms with Crippen molar-refractivity contribution in [2.75, 3.05) is 33.7 Å². The van der Waals surface area contributed by atoms with Gasteiger partial charge in [-0.05, 0) is 14.1 Å². The lowest BCUT2D eigenvalue weighted by Gasteiger charge is -2.36. The summed E-state index contributed by atoms with van der Waals surface area (Å²) in [6.45, 7) is 2.61. The summed E-state index contributed by atoms with van der Waals surface area (Å²) in [4.78, 5) is 16.7. The van der Waals surface area contributed by atoms with Gasteiger partial charge in [0, 0.05) is 26.7 Å². The number of hydrogen-bond acceptors (Lipinski definition) is 4. The molecule has 2 heterocycles. The van der Waals surface area contributed by atoms with Crippen LogP contribution < -0.4 is 0 Å². The van der Waals surface area contributed by atoms with Crippen molar-refractivity contribution in [3.8, 4) is 0 Å². The highest BCUT2D eigenvalue weighted by molar-refractivity contribution is 6.33. The Bertz CT molecular complexity index is 412. The smallest absolute Gasteiger partial charge is 0.200 e. The molecule has 1 atom stereocenters. The Morgan fingerprint density at radius 2 is 2.12 bits per heavy atom. The molecule has 17 heavy (non-hydrogen) atoms. The molecule has 0 amide bonds. The maximum Gasteiger partial charge on any atom is 0.200 e. The van der Waals surface area contributed by atoms with Crippen molar-refractivity contribution >= 4 is 17.4 Å². The number of nitrogens with zero attached hydrogens (tertiary/aromatic N) is 4. The molecule has 0 aromatic carbocycles. The number of rotatable bonds is 2. The maximum absolute atomic E-state index is 12.4. The monoisotopic (exact) mass is 256 g/mol. The molecule has 1 fully saturated rings. The minimum Gasteiger partial charge on any atom is -0.303 e. The Morgan fingerprint density at radius 1 is 1.41 bits per heavy atom. The van der Waals surface area contributed by atoms with Gasteiger partial charge in [0.05, 0.1) is 17.3 Å². The Kier molecular flexibility index (Phi) is 3.51. The number of piperazine rings is 1. The van der Waals surface area contributed by atoms with E-state index in [0.717, 1.165) is 19.6 Å².